The highest BCUT2D eigenvalue weighted by Crippen LogP contribution is 2.24. The summed E-state index contributed by atoms with van der Waals surface area (Å²) in [5.74, 6) is -1.51. The maximum atomic E-state index is 14.1. The third kappa shape index (κ3) is 5.16. The van der Waals surface area contributed by atoms with Crippen molar-refractivity contribution in [2.45, 2.75) is 4.90 Å². The van der Waals surface area contributed by atoms with Crippen molar-refractivity contribution >= 4 is 33.2 Å². The van der Waals surface area contributed by atoms with Gasteiger partial charge in [0.05, 0.1) is 6.20 Å². The van der Waals surface area contributed by atoms with Gasteiger partial charge in [0.25, 0.3) is 0 Å². The molecule has 0 fully saturated rings. The minimum atomic E-state index is -4.27. The van der Waals surface area contributed by atoms with E-state index in [-0.39, 0.29) is 24.1 Å². The van der Waals surface area contributed by atoms with Crippen molar-refractivity contribution in [2.24, 2.45) is 5.14 Å². The van der Waals surface area contributed by atoms with E-state index in [4.69, 9.17) is 15.1 Å². The molecule has 2 aromatic carbocycles. The van der Waals surface area contributed by atoms with Gasteiger partial charge in [-0.15, -0.1) is 0 Å². The van der Waals surface area contributed by atoms with Crippen molar-refractivity contribution in [1.82, 2.24) is 9.97 Å². The lowest BCUT2D eigenvalue weighted by Crippen LogP contribution is -2.14. The number of hydrogen-bond donors (Lipinski definition) is 3. The lowest BCUT2D eigenvalue weighted by atomic mass is 10.3. The summed E-state index contributed by atoms with van der Waals surface area (Å²) in [6.45, 7) is -0.0983. The molecule has 0 bridgehead atoms. The van der Waals surface area contributed by atoms with Crippen LogP contribution in [0, 0.1) is 23.0 Å². The fraction of sp³-hybridized carbons (Fsp3) is 0.0556. The molecule has 0 radical (unpaired) electrons. The number of nitriles is 1. The smallest absolute Gasteiger partial charge is 0.241 e. The second-order valence-corrected chi connectivity index (χ2v) is 7.33. The van der Waals surface area contributed by atoms with Crippen LogP contribution in [0.25, 0.3) is 0 Å². The fourth-order valence-electron chi connectivity index (χ4n) is 2.33. The molecule has 1 aromatic heterocycles. The van der Waals surface area contributed by atoms with E-state index in [0.717, 1.165) is 18.3 Å². The van der Waals surface area contributed by atoms with Crippen LogP contribution in [0.1, 0.15) is 0 Å². The number of sulfonamides is 1. The van der Waals surface area contributed by atoms with E-state index in [9.17, 15) is 17.2 Å². The summed E-state index contributed by atoms with van der Waals surface area (Å²) >= 11 is 0. The zero-order valence-corrected chi connectivity index (χ0v) is 16.0. The molecule has 1 heterocycles. The molecular weight excluding hydrogens is 418 g/mol. The predicted octanol–water partition coefficient (Wildman–Crippen LogP) is 2.79. The van der Waals surface area contributed by atoms with Crippen molar-refractivity contribution in [3.63, 3.8) is 0 Å². The third-order valence-corrected chi connectivity index (χ3v) is 4.58. The summed E-state index contributed by atoms with van der Waals surface area (Å²) in [7, 11) is -4.27. The van der Waals surface area contributed by atoms with Crippen LogP contribution >= 0.6 is 0 Å². The molecule has 0 aliphatic rings. The first kappa shape index (κ1) is 20.9. The summed E-state index contributed by atoms with van der Waals surface area (Å²) < 4.78 is 55.8. The Kier molecular flexibility index (Phi) is 6.05. The maximum absolute atomic E-state index is 14.1. The first-order valence-corrected chi connectivity index (χ1v) is 9.79. The van der Waals surface area contributed by atoms with Crippen LogP contribution in [0.2, 0.25) is 0 Å². The van der Waals surface area contributed by atoms with Crippen LogP contribution in [0.5, 0.6) is 5.75 Å². The number of nitrogens with one attached hydrogen (secondary N) is 2. The molecule has 0 saturated carbocycles. The van der Waals surface area contributed by atoms with Crippen molar-refractivity contribution in [1.29, 1.82) is 5.26 Å². The number of rotatable bonds is 7. The molecule has 3 rings (SSSR count). The van der Waals surface area contributed by atoms with Gasteiger partial charge in [-0.3, -0.25) is 0 Å². The van der Waals surface area contributed by atoms with Crippen molar-refractivity contribution < 1.29 is 21.9 Å². The van der Waals surface area contributed by atoms with E-state index < -0.39 is 26.6 Å². The van der Waals surface area contributed by atoms with Crippen molar-refractivity contribution in [2.75, 3.05) is 17.2 Å². The lowest BCUT2D eigenvalue weighted by molar-refractivity contribution is 0.368. The Morgan fingerprint density at radius 3 is 2.43 bits per heavy atom. The van der Waals surface area contributed by atoms with E-state index >= 15 is 0 Å². The van der Waals surface area contributed by atoms with Crippen molar-refractivity contribution in [3.05, 3.63) is 60.3 Å². The van der Waals surface area contributed by atoms with Gasteiger partial charge in [-0.2, -0.15) is 10.2 Å². The van der Waals surface area contributed by atoms with Crippen LogP contribution in [-0.4, -0.2) is 25.0 Å². The molecule has 0 aliphatic heterocycles. The fourth-order valence-corrected chi connectivity index (χ4v) is 2.96. The summed E-state index contributed by atoms with van der Waals surface area (Å²) in [5.41, 5.74) is 0.623. The second kappa shape index (κ2) is 8.68. The summed E-state index contributed by atoms with van der Waals surface area (Å²) in [5, 5.41) is 18.9. The number of primary sulfonamides is 1. The van der Waals surface area contributed by atoms with Gasteiger partial charge in [-0.25, -0.2) is 27.3 Å². The Labute approximate surface area is 170 Å². The average Bonchev–Trinajstić information content (AvgIpc) is 2.70. The number of halogens is 2. The molecule has 12 heteroatoms. The molecule has 0 saturated heterocycles. The van der Waals surface area contributed by atoms with E-state index in [1.807, 2.05) is 6.07 Å². The van der Waals surface area contributed by atoms with E-state index in [1.54, 1.807) is 24.3 Å². The summed E-state index contributed by atoms with van der Waals surface area (Å²) in [4.78, 5) is 7.07. The number of nitrogens with two attached hydrogens (primary N) is 1. The number of anilines is 4. The Bertz CT molecular complexity index is 1210. The van der Waals surface area contributed by atoms with Gasteiger partial charge in [-0.05, 0) is 42.5 Å². The van der Waals surface area contributed by atoms with E-state index in [1.165, 1.54) is 6.07 Å². The Morgan fingerprint density at radius 1 is 1.07 bits per heavy atom. The van der Waals surface area contributed by atoms with Gasteiger partial charge in [-0.1, -0.05) is 0 Å². The van der Waals surface area contributed by atoms with Crippen LogP contribution in [-0.2, 0) is 10.0 Å². The van der Waals surface area contributed by atoms with Gasteiger partial charge in [0.2, 0.25) is 16.0 Å². The first-order valence-electron chi connectivity index (χ1n) is 8.25. The average molecular weight is 432 g/mol. The Hall–Kier alpha value is -3.82. The largest absolute Gasteiger partial charge is 0.479 e. The van der Waals surface area contributed by atoms with E-state index in [2.05, 4.69) is 20.6 Å². The summed E-state index contributed by atoms with van der Waals surface area (Å²) in [6, 6.07) is 11.4. The minimum Gasteiger partial charge on any atom is -0.479 e. The predicted molar refractivity (Wildman–Crippen MR) is 104 cm³/mol. The first-order chi connectivity index (χ1) is 14.3. The molecule has 0 unspecified atom stereocenters. The second-order valence-electron chi connectivity index (χ2n) is 5.80. The topological polar surface area (TPSA) is 143 Å². The molecule has 0 atom stereocenters. The van der Waals surface area contributed by atoms with Gasteiger partial charge < -0.3 is 15.4 Å². The van der Waals surface area contributed by atoms with Crippen LogP contribution in [0.15, 0.2) is 53.6 Å². The standard InChI is InChI=1S/C18H14F2N6O3S/c19-14-6-3-12(9-16(14)30(22,27)28)25-18-23-10-15(20)17(26-18)24-11-1-4-13(5-2-11)29-8-7-21/h1-6,9-10H,8H2,(H2,22,27,28)(H2,23,24,25,26). The third-order valence-electron chi connectivity index (χ3n) is 3.66. The number of benzene rings is 2. The molecular formula is C18H14F2N6O3S. The monoisotopic (exact) mass is 432 g/mol. The molecule has 9 nitrogen and oxygen atoms in total. The normalized spacial score (nSPS) is 10.9. The number of hydrogen-bond acceptors (Lipinski definition) is 8. The molecule has 0 spiro atoms. The highest BCUT2D eigenvalue weighted by Gasteiger charge is 2.16. The van der Waals surface area contributed by atoms with E-state index in [0.29, 0.717) is 11.4 Å². The highest BCUT2D eigenvalue weighted by molar-refractivity contribution is 7.89. The zero-order chi connectivity index (χ0) is 21.7. The van der Waals surface area contributed by atoms with Crippen LogP contribution < -0.4 is 20.5 Å². The van der Waals surface area contributed by atoms with Gasteiger partial charge >= 0.3 is 0 Å². The minimum absolute atomic E-state index is 0.0696. The number of ether oxygens (including phenoxy) is 1. The number of aromatic nitrogens is 2. The maximum Gasteiger partial charge on any atom is 0.241 e. The Balaban J connectivity index is 1.80. The highest BCUT2D eigenvalue weighted by atomic mass is 32.2. The van der Waals surface area contributed by atoms with Crippen LogP contribution in [0.4, 0.5) is 31.9 Å². The van der Waals surface area contributed by atoms with Gasteiger partial charge in [0, 0.05) is 11.4 Å². The summed E-state index contributed by atoms with van der Waals surface area (Å²) in [6.07, 6.45) is 0.909. The van der Waals surface area contributed by atoms with Crippen LogP contribution in [0.3, 0.4) is 0 Å². The SMILES string of the molecule is N#CCOc1ccc(Nc2nc(Nc3ccc(F)c(S(N)(=O)=O)c3)ncc2F)cc1. The Morgan fingerprint density at radius 2 is 1.77 bits per heavy atom. The van der Waals surface area contributed by atoms with Crippen molar-refractivity contribution in [3.8, 4) is 11.8 Å². The lowest BCUT2D eigenvalue weighted by Gasteiger charge is -2.11. The molecule has 4 N–H and O–H groups in total. The molecule has 30 heavy (non-hydrogen) atoms. The molecule has 3 aromatic rings. The molecule has 0 aliphatic carbocycles. The molecule has 0 amide bonds. The quantitative estimate of drug-likeness (QED) is 0.517. The molecule has 154 valence electrons. The number of nitrogens with zero attached hydrogens (tertiary/aromatic N) is 3. The van der Waals surface area contributed by atoms with Gasteiger partial charge in [0.1, 0.15) is 22.5 Å². The van der Waals surface area contributed by atoms with Gasteiger partial charge in [0.15, 0.2) is 18.2 Å². The zero-order valence-electron chi connectivity index (χ0n) is 15.1.